The molecule has 1 spiro atoms. The second kappa shape index (κ2) is 6.14. The first kappa shape index (κ1) is 14.5. The molecule has 1 aliphatic carbocycles. The lowest BCUT2D eigenvalue weighted by Crippen LogP contribution is -2.27. The fraction of sp³-hybridized carbons (Fsp3) is 0.647. The molecule has 0 radical (unpaired) electrons. The van der Waals surface area contributed by atoms with Gasteiger partial charge in [-0.2, -0.15) is 0 Å². The lowest BCUT2D eigenvalue weighted by atomic mass is 9.98. The van der Waals surface area contributed by atoms with Crippen LogP contribution in [0.1, 0.15) is 38.5 Å². The Morgan fingerprint density at radius 3 is 2.71 bits per heavy atom. The van der Waals surface area contributed by atoms with E-state index in [0.717, 1.165) is 30.2 Å². The standard InChI is InChI=1S/C17H25NO3/c1-19-13-5-6-15(16(11-13)20-2)18-12-14-7-10-17(21-14)8-3-4-9-17/h5-6,11,14,18H,3-4,7-10,12H2,1-2H3. The predicted octanol–water partition coefficient (Wildman–Crippen LogP) is 3.61. The third kappa shape index (κ3) is 3.10. The highest BCUT2D eigenvalue weighted by atomic mass is 16.5. The van der Waals surface area contributed by atoms with Gasteiger partial charge in [0.05, 0.1) is 31.6 Å². The number of benzene rings is 1. The van der Waals surface area contributed by atoms with E-state index >= 15 is 0 Å². The van der Waals surface area contributed by atoms with Crippen LogP contribution in [0.5, 0.6) is 11.5 Å². The maximum absolute atomic E-state index is 6.32. The van der Waals surface area contributed by atoms with Gasteiger partial charge in [-0.15, -0.1) is 0 Å². The number of hydrogen-bond donors (Lipinski definition) is 1. The van der Waals surface area contributed by atoms with Crippen LogP contribution >= 0.6 is 0 Å². The maximum atomic E-state index is 6.32. The highest BCUT2D eigenvalue weighted by molar-refractivity contribution is 5.59. The maximum Gasteiger partial charge on any atom is 0.145 e. The van der Waals surface area contributed by atoms with Crippen LogP contribution in [0.2, 0.25) is 0 Å². The molecule has 1 saturated heterocycles. The Morgan fingerprint density at radius 1 is 1.19 bits per heavy atom. The van der Waals surface area contributed by atoms with Crippen LogP contribution in [0, 0.1) is 0 Å². The van der Waals surface area contributed by atoms with Crippen molar-refractivity contribution < 1.29 is 14.2 Å². The summed E-state index contributed by atoms with van der Waals surface area (Å²) in [6.07, 6.45) is 7.84. The molecule has 2 aliphatic rings. The van der Waals surface area contributed by atoms with Gasteiger partial charge in [-0.05, 0) is 37.8 Å². The van der Waals surface area contributed by atoms with E-state index in [1.165, 1.54) is 32.1 Å². The molecule has 1 unspecified atom stereocenters. The minimum atomic E-state index is 0.205. The zero-order valence-electron chi connectivity index (χ0n) is 13.0. The number of hydrogen-bond acceptors (Lipinski definition) is 4. The van der Waals surface area contributed by atoms with Crippen molar-refractivity contribution in [2.45, 2.75) is 50.2 Å². The molecule has 0 aromatic heterocycles. The molecule has 1 saturated carbocycles. The van der Waals surface area contributed by atoms with E-state index in [1.54, 1.807) is 14.2 Å². The van der Waals surface area contributed by atoms with Crippen molar-refractivity contribution >= 4 is 5.69 Å². The molecular formula is C17H25NO3. The molecular weight excluding hydrogens is 266 g/mol. The van der Waals surface area contributed by atoms with Gasteiger partial charge in [0.2, 0.25) is 0 Å². The summed E-state index contributed by atoms with van der Waals surface area (Å²) < 4.78 is 17.0. The first-order valence-electron chi connectivity index (χ1n) is 7.88. The van der Waals surface area contributed by atoms with Crippen molar-refractivity contribution in [2.75, 3.05) is 26.1 Å². The Labute approximate surface area is 126 Å². The molecule has 21 heavy (non-hydrogen) atoms. The van der Waals surface area contributed by atoms with Gasteiger partial charge < -0.3 is 19.5 Å². The SMILES string of the molecule is COc1ccc(NCC2CCC3(CCCC3)O2)c(OC)c1. The average Bonchev–Trinajstić information content (AvgIpc) is 3.15. The van der Waals surface area contributed by atoms with Gasteiger partial charge in [0.15, 0.2) is 0 Å². The van der Waals surface area contributed by atoms with Crippen LogP contribution in [0.15, 0.2) is 18.2 Å². The monoisotopic (exact) mass is 291 g/mol. The summed E-state index contributed by atoms with van der Waals surface area (Å²) in [6.45, 7) is 0.838. The summed E-state index contributed by atoms with van der Waals surface area (Å²) in [5.74, 6) is 1.61. The predicted molar refractivity (Wildman–Crippen MR) is 83.3 cm³/mol. The summed E-state index contributed by atoms with van der Waals surface area (Å²) in [5.41, 5.74) is 1.20. The van der Waals surface area contributed by atoms with Crippen molar-refractivity contribution in [3.63, 3.8) is 0 Å². The highest BCUT2D eigenvalue weighted by Gasteiger charge is 2.41. The first-order chi connectivity index (χ1) is 10.2. The molecule has 3 rings (SSSR count). The molecule has 1 N–H and O–H groups in total. The molecule has 1 aromatic carbocycles. The fourth-order valence-corrected chi connectivity index (χ4v) is 3.59. The lowest BCUT2D eigenvalue weighted by molar-refractivity contribution is -0.0307. The Kier molecular flexibility index (Phi) is 4.24. The normalized spacial score (nSPS) is 23.4. The van der Waals surface area contributed by atoms with Gasteiger partial charge in [-0.25, -0.2) is 0 Å². The minimum absolute atomic E-state index is 0.205. The van der Waals surface area contributed by atoms with E-state index < -0.39 is 0 Å². The van der Waals surface area contributed by atoms with E-state index in [-0.39, 0.29) is 5.60 Å². The van der Waals surface area contributed by atoms with Gasteiger partial charge in [0.25, 0.3) is 0 Å². The summed E-state index contributed by atoms with van der Waals surface area (Å²) in [7, 11) is 3.34. The smallest absolute Gasteiger partial charge is 0.145 e. The Morgan fingerprint density at radius 2 is 2.00 bits per heavy atom. The summed E-state index contributed by atoms with van der Waals surface area (Å²) in [5, 5.41) is 3.46. The molecule has 2 fully saturated rings. The minimum Gasteiger partial charge on any atom is -0.497 e. The van der Waals surface area contributed by atoms with Gasteiger partial charge in [0, 0.05) is 12.6 Å². The van der Waals surface area contributed by atoms with Crippen molar-refractivity contribution in [1.29, 1.82) is 0 Å². The molecule has 1 heterocycles. The number of anilines is 1. The van der Waals surface area contributed by atoms with Crippen molar-refractivity contribution in [1.82, 2.24) is 0 Å². The summed E-state index contributed by atoms with van der Waals surface area (Å²) in [6, 6.07) is 5.84. The number of ether oxygens (including phenoxy) is 3. The van der Waals surface area contributed by atoms with E-state index in [1.807, 2.05) is 18.2 Å². The van der Waals surface area contributed by atoms with Crippen LogP contribution in [-0.4, -0.2) is 32.5 Å². The van der Waals surface area contributed by atoms with Gasteiger partial charge >= 0.3 is 0 Å². The second-order valence-electron chi connectivity index (χ2n) is 6.12. The van der Waals surface area contributed by atoms with Crippen molar-refractivity contribution in [3.05, 3.63) is 18.2 Å². The molecule has 0 bridgehead atoms. The quantitative estimate of drug-likeness (QED) is 0.899. The molecule has 1 atom stereocenters. The molecule has 4 heteroatoms. The zero-order chi connectivity index (χ0) is 14.7. The summed E-state index contributed by atoms with van der Waals surface area (Å²) >= 11 is 0. The van der Waals surface area contributed by atoms with Gasteiger partial charge in [0.1, 0.15) is 11.5 Å². The van der Waals surface area contributed by atoms with E-state index in [2.05, 4.69) is 5.32 Å². The number of methoxy groups -OCH3 is 2. The Hall–Kier alpha value is -1.42. The molecule has 1 aromatic rings. The lowest BCUT2D eigenvalue weighted by Gasteiger charge is -2.24. The largest absolute Gasteiger partial charge is 0.497 e. The summed E-state index contributed by atoms with van der Waals surface area (Å²) in [4.78, 5) is 0. The third-order valence-corrected chi connectivity index (χ3v) is 4.78. The Bertz CT molecular complexity index is 483. The van der Waals surface area contributed by atoms with E-state index in [9.17, 15) is 0 Å². The molecule has 0 amide bonds. The van der Waals surface area contributed by atoms with Crippen LogP contribution in [0.4, 0.5) is 5.69 Å². The van der Waals surface area contributed by atoms with Gasteiger partial charge in [-0.1, -0.05) is 12.8 Å². The molecule has 4 nitrogen and oxygen atoms in total. The molecule has 1 aliphatic heterocycles. The number of nitrogens with one attached hydrogen (secondary N) is 1. The fourth-order valence-electron chi connectivity index (χ4n) is 3.59. The van der Waals surface area contributed by atoms with Gasteiger partial charge in [-0.3, -0.25) is 0 Å². The van der Waals surface area contributed by atoms with Crippen LogP contribution in [0.25, 0.3) is 0 Å². The van der Waals surface area contributed by atoms with Crippen molar-refractivity contribution in [3.8, 4) is 11.5 Å². The zero-order valence-corrected chi connectivity index (χ0v) is 13.0. The van der Waals surface area contributed by atoms with Crippen LogP contribution in [-0.2, 0) is 4.74 Å². The van der Waals surface area contributed by atoms with Crippen LogP contribution < -0.4 is 14.8 Å². The third-order valence-electron chi connectivity index (χ3n) is 4.78. The number of rotatable bonds is 5. The molecule has 116 valence electrons. The van der Waals surface area contributed by atoms with Crippen LogP contribution in [0.3, 0.4) is 0 Å². The Balaban J connectivity index is 1.58. The topological polar surface area (TPSA) is 39.7 Å². The highest BCUT2D eigenvalue weighted by Crippen LogP contribution is 2.43. The van der Waals surface area contributed by atoms with E-state index in [0.29, 0.717) is 6.10 Å². The second-order valence-corrected chi connectivity index (χ2v) is 6.12. The van der Waals surface area contributed by atoms with E-state index in [4.69, 9.17) is 14.2 Å². The van der Waals surface area contributed by atoms with Crippen molar-refractivity contribution in [2.24, 2.45) is 0 Å². The first-order valence-corrected chi connectivity index (χ1v) is 7.88. The average molecular weight is 291 g/mol.